The summed E-state index contributed by atoms with van der Waals surface area (Å²) in [5.41, 5.74) is 4.62. The minimum atomic E-state index is -4.00. The first-order valence-electron chi connectivity index (χ1n) is 7.34. The van der Waals surface area contributed by atoms with E-state index in [2.05, 4.69) is 24.4 Å². The third kappa shape index (κ3) is 4.66. The van der Waals surface area contributed by atoms with Gasteiger partial charge >= 0.3 is 0 Å². The highest BCUT2D eigenvalue weighted by Crippen LogP contribution is 2.33. The van der Waals surface area contributed by atoms with E-state index in [4.69, 9.17) is 16.7 Å². The van der Waals surface area contributed by atoms with Crippen LogP contribution < -0.4 is 10.6 Å². The number of hydrazone groups is 1. The standard InChI is InChI=1S/C16H20ClN3O3S/c1-10-6-12(9-16(2,3)8-10)19-20-15(21)11-4-5-13(17)14(7-11)24(18,22)23/h4-7H,8-9H2,1-3H3,(H,20,21)(H2,18,22,23)/b19-12-. The Labute approximate surface area is 146 Å². The van der Waals surface area contributed by atoms with Gasteiger partial charge in [0.15, 0.2) is 0 Å². The summed E-state index contributed by atoms with van der Waals surface area (Å²) < 4.78 is 22.9. The topological polar surface area (TPSA) is 102 Å². The fraction of sp³-hybridized carbons (Fsp3) is 0.375. The number of benzene rings is 1. The number of sulfonamides is 1. The van der Waals surface area contributed by atoms with Crippen molar-refractivity contribution in [2.45, 2.75) is 38.5 Å². The van der Waals surface area contributed by atoms with E-state index >= 15 is 0 Å². The Hall–Kier alpha value is -1.70. The van der Waals surface area contributed by atoms with Gasteiger partial charge < -0.3 is 0 Å². The third-order valence-corrected chi connectivity index (χ3v) is 5.02. The highest BCUT2D eigenvalue weighted by atomic mass is 35.5. The average molecular weight is 370 g/mol. The van der Waals surface area contributed by atoms with Gasteiger partial charge in [0.05, 0.1) is 10.7 Å². The zero-order valence-electron chi connectivity index (χ0n) is 13.8. The van der Waals surface area contributed by atoms with E-state index < -0.39 is 15.9 Å². The summed E-state index contributed by atoms with van der Waals surface area (Å²) >= 11 is 5.81. The van der Waals surface area contributed by atoms with Gasteiger partial charge in [-0.1, -0.05) is 31.0 Å². The molecule has 1 aliphatic carbocycles. The number of halogens is 1. The molecular formula is C16H20ClN3O3S. The summed E-state index contributed by atoms with van der Waals surface area (Å²) in [6.45, 7) is 6.30. The number of hydrogen-bond donors (Lipinski definition) is 2. The molecule has 0 fully saturated rings. The molecule has 1 aromatic rings. The number of nitrogens with one attached hydrogen (secondary N) is 1. The number of rotatable bonds is 3. The molecule has 0 aromatic heterocycles. The number of carbonyl (C=O) groups excluding carboxylic acids is 1. The minimum Gasteiger partial charge on any atom is -0.267 e. The second-order valence-electron chi connectivity index (χ2n) is 6.74. The quantitative estimate of drug-likeness (QED) is 0.801. The molecule has 130 valence electrons. The monoisotopic (exact) mass is 369 g/mol. The molecule has 0 spiro atoms. The Morgan fingerprint density at radius 3 is 2.58 bits per heavy atom. The molecule has 24 heavy (non-hydrogen) atoms. The predicted octanol–water partition coefficient (Wildman–Crippen LogP) is 2.84. The average Bonchev–Trinajstić information content (AvgIpc) is 2.41. The first-order valence-corrected chi connectivity index (χ1v) is 9.27. The summed E-state index contributed by atoms with van der Waals surface area (Å²) in [5.74, 6) is -0.529. The van der Waals surface area contributed by atoms with Crippen molar-refractivity contribution in [3.05, 3.63) is 40.4 Å². The number of nitrogens with zero attached hydrogens (tertiary/aromatic N) is 1. The lowest BCUT2D eigenvalue weighted by Crippen LogP contribution is -2.25. The van der Waals surface area contributed by atoms with E-state index in [1.54, 1.807) is 0 Å². The summed E-state index contributed by atoms with van der Waals surface area (Å²) in [7, 11) is -4.00. The molecule has 0 saturated carbocycles. The molecule has 3 N–H and O–H groups in total. The van der Waals surface area contributed by atoms with Gasteiger partial charge in [-0.3, -0.25) is 4.79 Å². The van der Waals surface area contributed by atoms with Crippen LogP contribution in [0.5, 0.6) is 0 Å². The van der Waals surface area contributed by atoms with Crippen molar-refractivity contribution in [3.8, 4) is 0 Å². The maximum absolute atomic E-state index is 12.2. The van der Waals surface area contributed by atoms with Crippen LogP contribution in [-0.4, -0.2) is 20.0 Å². The molecule has 0 unspecified atom stereocenters. The van der Waals surface area contributed by atoms with Crippen LogP contribution in [-0.2, 0) is 10.0 Å². The van der Waals surface area contributed by atoms with Gasteiger partial charge in [0, 0.05) is 5.56 Å². The smallest absolute Gasteiger partial charge is 0.267 e. The largest absolute Gasteiger partial charge is 0.271 e. The van der Waals surface area contributed by atoms with Gasteiger partial charge in [-0.15, -0.1) is 0 Å². The van der Waals surface area contributed by atoms with Crippen LogP contribution in [0.15, 0.2) is 39.8 Å². The number of allylic oxidation sites excluding steroid dienone is 2. The zero-order chi connectivity index (χ0) is 18.1. The predicted molar refractivity (Wildman–Crippen MR) is 94.5 cm³/mol. The summed E-state index contributed by atoms with van der Waals surface area (Å²) in [6, 6.07) is 3.87. The molecule has 8 heteroatoms. The Kier molecular flexibility index (Phi) is 5.17. The summed E-state index contributed by atoms with van der Waals surface area (Å²) in [5, 5.41) is 9.20. The second kappa shape index (κ2) is 6.66. The number of amides is 1. The van der Waals surface area contributed by atoms with Gasteiger partial charge in [-0.25, -0.2) is 19.0 Å². The van der Waals surface area contributed by atoms with E-state index in [9.17, 15) is 13.2 Å². The first kappa shape index (κ1) is 18.6. The number of hydrogen-bond acceptors (Lipinski definition) is 4. The lowest BCUT2D eigenvalue weighted by molar-refractivity contribution is 0.0954. The molecule has 2 rings (SSSR count). The molecule has 0 atom stereocenters. The number of primary sulfonamides is 1. The maximum atomic E-state index is 12.2. The first-order chi connectivity index (χ1) is 11.0. The van der Waals surface area contributed by atoms with Crippen LogP contribution in [0, 0.1) is 5.41 Å². The van der Waals surface area contributed by atoms with E-state index in [-0.39, 0.29) is 20.9 Å². The summed E-state index contributed by atoms with van der Waals surface area (Å²) in [4.78, 5) is 11.9. The van der Waals surface area contributed by atoms with E-state index in [1.807, 2.05) is 13.0 Å². The molecule has 0 bridgehead atoms. The van der Waals surface area contributed by atoms with Gasteiger partial charge in [0.2, 0.25) is 10.0 Å². The number of nitrogens with two attached hydrogens (primary N) is 1. The van der Waals surface area contributed by atoms with Crippen LogP contribution >= 0.6 is 11.6 Å². The van der Waals surface area contributed by atoms with Crippen LogP contribution in [0.3, 0.4) is 0 Å². The van der Waals surface area contributed by atoms with Crippen LogP contribution in [0.1, 0.15) is 44.0 Å². The van der Waals surface area contributed by atoms with Gasteiger partial charge in [-0.2, -0.15) is 5.10 Å². The molecule has 0 radical (unpaired) electrons. The number of carbonyl (C=O) groups is 1. The van der Waals surface area contributed by atoms with Crippen LogP contribution in [0.4, 0.5) is 0 Å². The highest BCUT2D eigenvalue weighted by molar-refractivity contribution is 7.89. The molecule has 0 saturated heterocycles. The molecule has 6 nitrogen and oxygen atoms in total. The fourth-order valence-electron chi connectivity index (χ4n) is 2.82. The Bertz CT molecular complexity index is 842. The van der Waals surface area contributed by atoms with Crippen molar-refractivity contribution >= 4 is 33.2 Å². The third-order valence-electron chi connectivity index (χ3n) is 3.63. The molecule has 0 aliphatic heterocycles. The Morgan fingerprint density at radius 2 is 2.00 bits per heavy atom. The van der Waals surface area contributed by atoms with Gasteiger partial charge in [-0.05, 0) is 49.5 Å². The van der Waals surface area contributed by atoms with Crippen LogP contribution in [0.2, 0.25) is 5.02 Å². The highest BCUT2D eigenvalue weighted by Gasteiger charge is 2.25. The second-order valence-corrected chi connectivity index (χ2v) is 8.68. The Morgan fingerprint density at radius 1 is 1.33 bits per heavy atom. The lowest BCUT2D eigenvalue weighted by atomic mass is 9.77. The van der Waals surface area contributed by atoms with Gasteiger partial charge in [0.1, 0.15) is 4.90 Å². The molecule has 1 aromatic carbocycles. The van der Waals surface area contributed by atoms with Crippen molar-refractivity contribution in [1.29, 1.82) is 0 Å². The van der Waals surface area contributed by atoms with Crippen molar-refractivity contribution in [2.75, 3.05) is 0 Å². The zero-order valence-corrected chi connectivity index (χ0v) is 15.3. The van der Waals surface area contributed by atoms with E-state index in [0.717, 1.165) is 24.6 Å². The van der Waals surface area contributed by atoms with Crippen molar-refractivity contribution < 1.29 is 13.2 Å². The van der Waals surface area contributed by atoms with Gasteiger partial charge in [0.25, 0.3) is 5.91 Å². The maximum Gasteiger partial charge on any atom is 0.271 e. The fourth-order valence-corrected chi connectivity index (χ4v) is 3.89. The molecule has 0 heterocycles. The van der Waals surface area contributed by atoms with Crippen LogP contribution in [0.25, 0.3) is 0 Å². The van der Waals surface area contributed by atoms with E-state index in [1.165, 1.54) is 17.7 Å². The van der Waals surface area contributed by atoms with Crippen molar-refractivity contribution in [2.24, 2.45) is 15.7 Å². The lowest BCUT2D eigenvalue weighted by Gasteiger charge is -2.29. The van der Waals surface area contributed by atoms with Crippen molar-refractivity contribution in [3.63, 3.8) is 0 Å². The van der Waals surface area contributed by atoms with Crippen molar-refractivity contribution in [1.82, 2.24) is 5.43 Å². The normalized spacial score (nSPS) is 19.0. The Balaban J connectivity index is 2.22. The van der Waals surface area contributed by atoms with E-state index in [0.29, 0.717) is 0 Å². The minimum absolute atomic E-state index is 0.0343. The molecule has 1 aliphatic rings. The summed E-state index contributed by atoms with van der Waals surface area (Å²) in [6.07, 6.45) is 3.67. The SMILES string of the molecule is CC1=C/C(=N/NC(=O)c2ccc(Cl)c(S(N)(=O)=O)c2)CC(C)(C)C1. The molecular weight excluding hydrogens is 350 g/mol. The molecule has 1 amide bonds.